The van der Waals surface area contributed by atoms with Gasteiger partial charge in [0.1, 0.15) is 0 Å². The maximum absolute atomic E-state index is 2.44. The van der Waals surface area contributed by atoms with Gasteiger partial charge in [-0.05, 0) is 79.8 Å². The van der Waals surface area contributed by atoms with Crippen molar-refractivity contribution in [1.29, 1.82) is 0 Å². The van der Waals surface area contributed by atoms with Crippen LogP contribution in [0.15, 0.2) is 78.9 Å². The second kappa shape index (κ2) is 7.18. The minimum Gasteiger partial charge on any atom is -0.310 e. The second-order valence-electron chi connectivity index (χ2n) is 8.70. The SMILES string of the molecule is Cc1ccc(-c2cc(C)cc(N3c4ccc(C)cc4Cc4cc(C)ccc43)c2)cc1. The summed E-state index contributed by atoms with van der Waals surface area (Å²) in [6, 6.07) is 29.4. The molecule has 4 aromatic carbocycles. The van der Waals surface area contributed by atoms with Gasteiger partial charge in [0.2, 0.25) is 0 Å². The molecule has 148 valence electrons. The minimum atomic E-state index is 0.987. The fraction of sp³-hybridized carbons (Fsp3) is 0.172. The summed E-state index contributed by atoms with van der Waals surface area (Å²) in [6.07, 6.45) is 0.987. The quantitative estimate of drug-likeness (QED) is 0.296. The third-order valence-corrected chi connectivity index (χ3v) is 6.04. The van der Waals surface area contributed by atoms with Gasteiger partial charge in [0.05, 0.1) is 0 Å². The van der Waals surface area contributed by atoms with Gasteiger partial charge in [0.15, 0.2) is 0 Å². The molecule has 0 aromatic heterocycles. The molecule has 0 saturated heterocycles. The van der Waals surface area contributed by atoms with E-state index in [0.717, 1.165) is 6.42 Å². The Hall–Kier alpha value is -3.32. The number of benzene rings is 4. The summed E-state index contributed by atoms with van der Waals surface area (Å²) in [4.78, 5) is 2.44. The van der Waals surface area contributed by atoms with E-state index in [9.17, 15) is 0 Å². The van der Waals surface area contributed by atoms with Crippen molar-refractivity contribution in [3.05, 3.63) is 112 Å². The van der Waals surface area contributed by atoms with Gasteiger partial charge in [0, 0.05) is 23.5 Å². The molecule has 1 aliphatic rings. The lowest BCUT2D eigenvalue weighted by molar-refractivity contribution is 1.07. The minimum absolute atomic E-state index is 0.987. The molecule has 30 heavy (non-hydrogen) atoms. The smallest absolute Gasteiger partial charge is 0.0497 e. The summed E-state index contributed by atoms with van der Waals surface area (Å²) in [5, 5.41) is 0. The van der Waals surface area contributed by atoms with E-state index in [-0.39, 0.29) is 0 Å². The maximum Gasteiger partial charge on any atom is 0.0497 e. The van der Waals surface area contributed by atoms with Crippen LogP contribution >= 0.6 is 0 Å². The Balaban J connectivity index is 1.71. The lowest BCUT2D eigenvalue weighted by Gasteiger charge is -2.34. The largest absolute Gasteiger partial charge is 0.310 e. The van der Waals surface area contributed by atoms with Gasteiger partial charge in [-0.25, -0.2) is 0 Å². The van der Waals surface area contributed by atoms with Crippen LogP contribution in [-0.2, 0) is 6.42 Å². The summed E-state index contributed by atoms with van der Waals surface area (Å²) in [5.41, 5.74) is 14.3. The lowest BCUT2D eigenvalue weighted by atomic mass is 9.92. The number of hydrogen-bond donors (Lipinski definition) is 0. The van der Waals surface area contributed by atoms with Crippen molar-refractivity contribution in [3.8, 4) is 11.1 Å². The maximum atomic E-state index is 2.44. The van der Waals surface area contributed by atoms with Crippen molar-refractivity contribution >= 4 is 17.1 Å². The van der Waals surface area contributed by atoms with Crippen molar-refractivity contribution in [1.82, 2.24) is 0 Å². The van der Waals surface area contributed by atoms with E-state index in [0.29, 0.717) is 0 Å². The van der Waals surface area contributed by atoms with Crippen molar-refractivity contribution in [2.45, 2.75) is 34.1 Å². The van der Waals surface area contributed by atoms with Crippen LogP contribution in [0.3, 0.4) is 0 Å². The molecule has 1 heterocycles. The van der Waals surface area contributed by atoms with Crippen LogP contribution in [0.5, 0.6) is 0 Å². The van der Waals surface area contributed by atoms with Gasteiger partial charge in [-0.3, -0.25) is 0 Å². The zero-order valence-corrected chi connectivity index (χ0v) is 18.2. The van der Waals surface area contributed by atoms with Crippen molar-refractivity contribution in [3.63, 3.8) is 0 Å². The molecule has 0 atom stereocenters. The van der Waals surface area contributed by atoms with Crippen LogP contribution in [0.25, 0.3) is 11.1 Å². The second-order valence-corrected chi connectivity index (χ2v) is 8.70. The van der Waals surface area contributed by atoms with E-state index in [2.05, 4.69) is 111 Å². The summed E-state index contributed by atoms with van der Waals surface area (Å²) in [5.74, 6) is 0. The first-order chi connectivity index (χ1) is 14.5. The van der Waals surface area contributed by atoms with Crippen LogP contribution in [0.1, 0.15) is 33.4 Å². The highest BCUT2D eigenvalue weighted by Gasteiger charge is 2.24. The van der Waals surface area contributed by atoms with Gasteiger partial charge >= 0.3 is 0 Å². The van der Waals surface area contributed by atoms with Crippen molar-refractivity contribution in [2.75, 3.05) is 4.90 Å². The predicted molar refractivity (Wildman–Crippen MR) is 128 cm³/mol. The summed E-state index contributed by atoms with van der Waals surface area (Å²) >= 11 is 0. The fourth-order valence-electron chi connectivity index (χ4n) is 4.57. The van der Waals surface area contributed by atoms with Crippen LogP contribution in [-0.4, -0.2) is 0 Å². The van der Waals surface area contributed by atoms with E-state index in [4.69, 9.17) is 0 Å². The predicted octanol–water partition coefficient (Wildman–Crippen LogP) is 7.96. The van der Waals surface area contributed by atoms with Gasteiger partial charge in [0.25, 0.3) is 0 Å². The Bertz CT molecular complexity index is 1200. The number of rotatable bonds is 2. The number of aryl methyl sites for hydroxylation is 4. The molecule has 0 saturated carbocycles. The van der Waals surface area contributed by atoms with E-state index in [1.165, 1.54) is 61.6 Å². The van der Waals surface area contributed by atoms with Crippen molar-refractivity contribution in [2.24, 2.45) is 0 Å². The van der Waals surface area contributed by atoms with E-state index >= 15 is 0 Å². The average molecular weight is 390 g/mol. The number of fused-ring (bicyclic) bond motifs is 2. The molecule has 1 aliphatic heterocycles. The zero-order chi connectivity index (χ0) is 20.8. The average Bonchev–Trinajstić information content (AvgIpc) is 2.72. The molecule has 1 heteroatoms. The van der Waals surface area contributed by atoms with Gasteiger partial charge in [-0.1, -0.05) is 71.3 Å². The molecule has 0 bridgehead atoms. The molecule has 0 aliphatic carbocycles. The van der Waals surface area contributed by atoms with E-state index in [1.54, 1.807) is 0 Å². The van der Waals surface area contributed by atoms with Gasteiger partial charge in [-0.15, -0.1) is 0 Å². The topological polar surface area (TPSA) is 3.24 Å². The van der Waals surface area contributed by atoms with Crippen molar-refractivity contribution < 1.29 is 0 Å². The molecular weight excluding hydrogens is 362 g/mol. The standard InChI is InChI=1S/C29H27N/c1-19-5-9-23(10-6-19)24-15-22(4)16-27(18-24)30-28-11-7-20(2)13-25(28)17-26-14-21(3)8-12-29(26)30/h5-16,18H,17H2,1-4H3. The van der Waals surface area contributed by atoms with E-state index < -0.39 is 0 Å². The van der Waals surface area contributed by atoms with Crippen LogP contribution in [0.4, 0.5) is 17.1 Å². The summed E-state index contributed by atoms with van der Waals surface area (Å²) in [7, 11) is 0. The zero-order valence-electron chi connectivity index (χ0n) is 18.2. The van der Waals surface area contributed by atoms with Crippen LogP contribution in [0.2, 0.25) is 0 Å². The molecule has 0 radical (unpaired) electrons. The molecular formula is C29H27N. The lowest BCUT2D eigenvalue weighted by Crippen LogP contribution is -2.19. The molecule has 0 fully saturated rings. The molecule has 1 nitrogen and oxygen atoms in total. The molecule has 4 aromatic rings. The monoisotopic (exact) mass is 389 g/mol. The Morgan fingerprint density at radius 2 is 1.07 bits per heavy atom. The Morgan fingerprint density at radius 3 is 1.67 bits per heavy atom. The first kappa shape index (κ1) is 18.7. The van der Waals surface area contributed by atoms with E-state index in [1.807, 2.05) is 0 Å². The first-order valence-corrected chi connectivity index (χ1v) is 10.7. The Morgan fingerprint density at radius 1 is 0.500 bits per heavy atom. The molecule has 5 rings (SSSR count). The Kier molecular flexibility index (Phi) is 4.47. The number of hydrogen-bond acceptors (Lipinski definition) is 1. The molecule has 0 N–H and O–H groups in total. The third kappa shape index (κ3) is 3.31. The number of anilines is 3. The summed E-state index contributed by atoms with van der Waals surface area (Å²) in [6.45, 7) is 8.69. The highest BCUT2D eigenvalue weighted by atomic mass is 15.2. The first-order valence-electron chi connectivity index (χ1n) is 10.7. The summed E-state index contributed by atoms with van der Waals surface area (Å²) < 4.78 is 0. The van der Waals surface area contributed by atoms with Crippen LogP contribution in [0, 0.1) is 27.7 Å². The van der Waals surface area contributed by atoms with Crippen LogP contribution < -0.4 is 4.90 Å². The number of nitrogens with zero attached hydrogens (tertiary/aromatic N) is 1. The fourth-order valence-corrected chi connectivity index (χ4v) is 4.57. The highest BCUT2D eigenvalue weighted by Crippen LogP contribution is 2.45. The molecule has 0 unspecified atom stereocenters. The molecule has 0 spiro atoms. The van der Waals surface area contributed by atoms with Gasteiger partial charge < -0.3 is 4.90 Å². The Labute approximate surface area is 179 Å². The van der Waals surface area contributed by atoms with Gasteiger partial charge in [-0.2, -0.15) is 0 Å². The third-order valence-electron chi connectivity index (χ3n) is 6.04. The normalized spacial score (nSPS) is 12.5. The molecule has 0 amide bonds. The highest BCUT2D eigenvalue weighted by molar-refractivity contribution is 5.86.